The van der Waals surface area contributed by atoms with E-state index in [9.17, 15) is 14.4 Å². The number of Topliss-reactive ketones (excluding diaryl/α,β-unsaturated/α-hetero) is 1. The number of ketones is 1. The van der Waals surface area contributed by atoms with E-state index < -0.39 is 0 Å². The van der Waals surface area contributed by atoms with Crippen LogP contribution in [-0.4, -0.2) is 57.9 Å². The number of amides is 3. The Morgan fingerprint density at radius 1 is 1.23 bits per heavy atom. The molecule has 1 aliphatic heterocycles. The van der Waals surface area contributed by atoms with E-state index in [-0.39, 0.29) is 17.7 Å². The normalized spacial score (nSPS) is 13.3. The Morgan fingerprint density at radius 2 is 1.96 bits per heavy atom. The Hall–Kier alpha value is -2.68. The van der Waals surface area contributed by atoms with Gasteiger partial charge in [-0.1, -0.05) is 0 Å². The van der Waals surface area contributed by atoms with Gasteiger partial charge in [-0.2, -0.15) is 5.10 Å². The number of carbonyl (C=O) groups excluding carboxylic acids is 3. The van der Waals surface area contributed by atoms with Crippen molar-refractivity contribution in [3.63, 3.8) is 0 Å². The standard InChI is InChI=1S/C17H21N5O3S/c1-11(23)14-4-5-15(26-14)16(24)18-9-12-8-13-10-21(17(25)20(2)3)6-7-22(13)19-12/h4-5,8H,6-7,9-10H2,1-3H3,(H,18,24). The lowest BCUT2D eigenvalue weighted by Crippen LogP contribution is -2.43. The fraction of sp³-hybridized carbons (Fsp3) is 0.412. The first-order chi connectivity index (χ1) is 12.3. The van der Waals surface area contributed by atoms with Crippen LogP contribution in [0.5, 0.6) is 0 Å². The summed E-state index contributed by atoms with van der Waals surface area (Å²) in [6.07, 6.45) is 0. The second-order valence-corrected chi connectivity index (χ2v) is 7.44. The van der Waals surface area contributed by atoms with Crippen LogP contribution in [-0.2, 0) is 19.6 Å². The summed E-state index contributed by atoms with van der Waals surface area (Å²) in [7, 11) is 3.47. The molecule has 9 heteroatoms. The summed E-state index contributed by atoms with van der Waals surface area (Å²) < 4.78 is 1.87. The van der Waals surface area contributed by atoms with Crippen LogP contribution in [0, 0.1) is 0 Å². The third kappa shape index (κ3) is 3.77. The summed E-state index contributed by atoms with van der Waals surface area (Å²) in [5.41, 5.74) is 1.70. The van der Waals surface area contributed by atoms with Crippen molar-refractivity contribution in [3.05, 3.63) is 39.3 Å². The van der Waals surface area contributed by atoms with Crippen LogP contribution >= 0.6 is 11.3 Å². The third-order valence-electron chi connectivity index (χ3n) is 4.11. The largest absolute Gasteiger partial charge is 0.346 e. The van der Waals surface area contributed by atoms with Crippen LogP contribution in [0.25, 0.3) is 0 Å². The van der Waals surface area contributed by atoms with Gasteiger partial charge in [0.1, 0.15) is 0 Å². The zero-order valence-electron chi connectivity index (χ0n) is 15.0. The molecule has 0 saturated heterocycles. The molecular formula is C17H21N5O3S. The fourth-order valence-electron chi connectivity index (χ4n) is 2.77. The summed E-state index contributed by atoms with van der Waals surface area (Å²) in [5.74, 6) is -0.273. The monoisotopic (exact) mass is 375 g/mol. The van der Waals surface area contributed by atoms with Crippen molar-refractivity contribution in [2.24, 2.45) is 0 Å². The number of hydrogen-bond donors (Lipinski definition) is 1. The quantitative estimate of drug-likeness (QED) is 0.822. The van der Waals surface area contributed by atoms with Gasteiger partial charge in [0, 0.05) is 20.6 Å². The SMILES string of the molecule is CC(=O)c1ccc(C(=O)NCc2cc3n(n2)CCN(C(=O)N(C)C)C3)s1. The fourth-order valence-corrected chi connectivity index (χ4v) is 3.58. The molecular weight excluding hydrogens is 354 g/mol. The van der Waals surface area contributed by atoms with Gasteiger partial charge >= 0.3 is 6.03 Å². The first-order valence-corrected chi connectivity index (χ1v) is 9.07. The van der Waals surface area contributed by atoms with Crippen LogP contribution in [0.15, 0.2) is 18.2 Å². The highest BCUT2D eigenvalue weighted by atomic mass is 32.1. The molecule has 0 unspecified atom stereocenters. The van der Waals surface area contributed by atoms with Crippen molar-refractivity contribution < 1.29 is 14.4 Å². The van der Waals surface area contributed by atoms with Gasteiger partial charge in [-0.15, -0.1) is 11.3 Å². The van der Waals surface area contributed by atoms with Crippen molar-refractivity contribution in [3.8, 4) is 0 Å². The summed E-state index contributed by atoms with van der Waals surface area (Å²) in [5, 5.41) is 7.31. The van der Waals surface area contributed by atoms with Gasteiger partial charge in [-0.05, 0) is 25.1 Å². The molecule has 1 aliphatic rings. The highest BCUT2D eigenvalue weighted by Gasteiger charge is 2.23. The number of rotatable bonds is 4. The zero-order valence-corrected chi connectivity index (χ0v) is 15.8. The number of nitrogens with one attached hydrogen (secondary N) is 1. The molecule has 0 aromatic carbocycles. The minimum absolute atomic E-state index is 0.0220. The van der Waals surface area contributed by atoms with E-state index in [4.69, 9.17) is 0 Å². The lowest BCUT2D eigenvalue weighted by molar-refractivity contribution is 0.0953. The predicted molar refractivity (Wildman–Crippen MR) is 97.2 cm³/mol. The van der Waals surface area contributed by atoms with Crippen LogP contribution in [0.4, 0.5) is 4.79 Å². The van der Waals surface area contributed by atoms with Crippen LogP contribution in [0.2, 0.25) is 0 Å². The maximum absolute atomic E-state index is 12.2. The molecule has 2 aromatic rings. The van der Waals surface area contributed by atoms with Gasteiger partial charge in [-0.25, -0.2) is 4.79 Å². The molecule has 0 fully saturated rings. The van der Waals surface area contributed by atoms with Gasteiger partial charge in [0.15, 0.2) is 5.78 Å². The Balaban J connectivity index is 1.61. The molecule has 0 saturated carbocycles. The number of urea groups is 1. The minimum atomic E-state index is -0.224. The van der Waals surface area contributed by atoms with Crippen molar-refractivity contribution in [2.75, 3.05) is 20.6 Å². The molecule has 0 spiro atoms. The first kappa shape index (κ1) is 18.1. The lowest BCUT2D eigenvalue weighted by atomic mass is 10.3. The van der Waals surface area contributed by atoms with Gasteiger partial charge in [-0.3, -0.25) is 14.3 Å². The molecule has 0 radical (unpaired) electrons. The Kier molecular flexibility index (Phi) is 5.08. The van der Waals surface area contributed by atoms with Gasteiger partial charge in [0.2, 0.25) is 0 Å². The molecule has 3 amide bonds. The average molecular weight is 375 g/mol. The van der Waals surface area contributed by atoms with Crippen molar-refractivity contribution >= 4 is 29.1 Å². The first-order valence-electron chi connectivity index (χ1n) is 8.26. The molecule has 3 rings (SSSR count). The third-order valence-corrected chi connectivity index (χ3v) is 5.29. The Labute approximate surface area is 155 Å². The topological polar surface area (TPSA) is 87.5 Å². The molecule has 8 nitrogen and oxygen atoms in total. The number of fused-ring (bicyclic) bond motifs is 1. The molecule has 1 N–H and O–H groups in total. The van der Waals surface area contributed by atoms with Gasteiger partial charge < -0.3 is 15.1 Å². The molecule has 0 aliphatic carbocycles. The minimum Gasteiger partial charge on any atom is -0.346 e. The second-order valence-electron chi connectivity index (χ2n) is 6.35. The summed E-state index contributed by atoms with van der Waals surface area (Å²) in [6, 6.07) is 5.20. The van der Waals surface area contributed by atoms with E-state index in [1.807, 2.05) is 10.7 Å². The summed E-state index contributed by atoms with van der Waals surface area (Å²) in [6.45, 7) is 3.53. The number of hydrogen-bond acceptors (Lipinski definition) is 5. The molecule has 2 aromatic heterocycles. The molecule has 3 heterocycles. The van der Waals surface area contributed by atoms with E-state index in [0.717, 1.165) is 11.4 Å². The smallest absolute Gasteiger partial charge is 0.319 e. The maximum Gasteiger partial charge on any atom is 0.319 e. The molecule has 26 heavy (non-hydrogen) atoms. The Bertz CT molecular complexity index is 854. The van der Waals surface area contributed by atoms with Crippen molar-refractivity contribution in [2.45, 2.75) is 26.6 Å². The molecule has 138 valence electrons. The van der Waals surface area contributed by atoms with E-state index in [1.165, 1.54) is 18.3 Å². The van der Waals surface area contributed by atoms with Crippen LogP contribution in [0.1, 0.15) is 37.7 Å². The van der Waals surface area contributed by atoms with Crippen LogP contribution < -0.4 is 5.32 Å². The predicted octanol–water partition coefficient (Wildman–Crippen LogP) is 1.57. The molecule has 0 atom stereocenters. The van der Waals surface area contributed by atoms with Crippen molar-refractivity contribution in [1.29, 1.82) is 0 Å². The zero-order chi connectivity index (χ0) is 18.8. The number of carbonyl (C=O) groups is 3. The van der Waals surface area contributed by atoms with Crippen molar-refractivity contribution in [1.82, 2.24) is 24.9 Å². The van der Waals surface area contributed by atoms with E-state index in [0.29, 0.717) is 35.9 Å². The number of aromatic nitrogens is 2. The summed E-state index contributed by atoms with van der Waals surface area (Å²) >= 11 is 1.18. The van der Waals surface area contributed by atoms with Crippen LogP contribution in [0.3, 0.4) is 0 Å². The second kappa shape index (κ2) is 7.28. The Morgan fingerprint density at radius 3 is 2.62 bits per heavy atom. The van der Waals surface area contributed by atoms with Gasteiger partial charge in [0.25, 0.3) is 5.91 Å². The van der Waals surface area contributed by atoms with E-state index in [2.05, 4.69) is 10.4 Å². The highest BCUT2D eigenvalue weighted by Crippen LogP contribution is 2.18. The lowest BCUT2D eigenvalue weighted by Gasteiger charge is -2.29. The number of thiophene rings is 1. The number of nitrogens with zero attached hydrogens (tertiary/aromatic N) is 4. The summed E-state index contributed by atoms with van der Waals surface area (Å²) in [4.78, 5) is 40.0. The molecule has 0 bridgehead atoms. The highest BCUT2D eigenvalue weighted by molar-refractivity contribution is 7.15. The maximum atomic E-state index is 12.2. The average Bonchev–Trinajstić information content (AvgIpc) is 3.24. The van der Waals surface area contributed by atoms with E-state index in [1.54, 1.807) is 36.0 Å². The van der Waals surface area contributed by atoms with E-state index >= 15 is 0 Å². The van der Waals surface area contributed by atoms with Gasteiger partial charge in [0.05, 0.1) is 40.8 Å².